The second kappa shape index (κ2) is 4.60. The van der Waals surface area contributed by atoms with Crippen LogP contribution in [0.1, 0.15) is 0 Å². The van der Waals surface area contributed by atoms with Crippen molar-refractivity contribution in [1.29, 1.82) is 0 Å². The van der Waals surface area contributed by atoms with Gasteiger partial charge in [-0.05, 0) is 0 Å². The molecule has 0 atom stereocenters. The molecule has 0 aromatic heterocycles. The molecule has 5 heteroatoms. The number of aliphatic carboxylic acids is 1. The van der Waals surface area contributed by atoms with E-state index in [0.29, 0.717) is 0 Å². The number of thiol groups is 1. The topological polar surface area (TPSA) is 60.8 Å². The molecule has 0 aromatic carbocycles. The molecular formula is C4H9NO3S. The van der Waals surface area contributed by atoms with Crippen LogP contribution in [0.15, 0.2) is 0 Å². The third kappa shape index (κ3) is 5.61. The average molecular weight is 151 g/mol. The lowest BCUT2D eigenvalue weighted by Crippen LogP contribution is -2.23. The van der Waals surface area contributed by atoms with E-state index in [9.17, 15) is 4.79 Å². The first kappa shape index (κ1) is 8.74. The quantitative estimate of drug-likeness (QED) is 0.461. The molecule has 9 heavy (non-hydrogen) atoms. The first-order chi connectivity index (χ1) is 4.16. The minimum absolute atomic E-state index is 0.0726. The van der Waals surface area contributed by atoms with Crippen molar-refractivity contribution in [3.05, 3.63) is 0 Å². The molecule has 0 unspecified atom stereocenters. The zero-order valence-electron chi connectivity index (χ0n) is 4.82. The molecule has 0 spiro atoms. The number of hydrogen-bond donors (Lipinski definition) is 3. The van der Waals surface area contributed by atoms with Gasteiger partial charge in [-0.1, -0.05) is 12.8 Å². The molecule has 54 valence electrons. The van der Waals surface area contributed by atoms with E-state index in [2.05, 4.69) is 12.8 Å². The van der Waals surface area contributed by atoms with E-state index in [0.717, 1.165) is 0 Å². The van der Waals surface area contributed by atoms with E-state index in [1.165, 1.54) is 4.31 Å². The predicted molar refractivity (Wildman–Crippen MR) is 35.3 cm³/mol. The van der Waals surface area contributed by atoms with Crippen LogP contribution in [0.3, 0.4) is 0 Å². The SMILES string of the molecule is O=C(O)CN(S)CCO. The number of carboxylic acids is 1. The number of hydrogen-bond acceptors (Lipinski definition) is 4. The monoisotopic (exact) mass is 151 g/mol. The van der Waals surface area contributed by atoms with Crippen molar-refractivity contribution in [2.75, 3.05) is 19.7 Å². The van der Waals surface area contributed by atoms with E-state index in [-0.39, 0.29) is 19.7 Å². The Morgan fingerprint density at radius 3 is 2.56 bits per heavy atom. The molecule has 0 bridgehead atoms. The van der Waals surface area contributed by atoms with Crippen LogP contribution in [0.4, 0.5) is 0 Å². The van der Waals surface area contributed by atoms with Gasteiger partial charge in [0.05, 0.1) is 6.61 Å². The Kier molecular flexibility index (Phi) is 4.47. The van der Waals surface area contributed by atoms with Crippen molar-refractivity contribution in [2.45, 2.75) is 0 Å². The minimum atomic E-state index is -0.946. The van der Waals surface area contributed by atoms with E-state index >= 15 is 0 Å². The van der Waals surface area contributed by atoms with Crippen molar-refractivity contribution in [3.63, 3.8) is 0 Å². The van der Waals surface area contributed by atoms with E-state index in [1.54, 1.807) is 0 Å². The summed E-state index contributed by atoms with van der Waals surface area (Å²) in [7, 11) is 0. The summed E-state index contributed by atoms with van der Waals surface area (Å²) < 4.78 is 1.22. The Labute approximate surface area is 58.6 Å². The largest absolute Gasteiger partial charge is 0.480 e. The summed E-state index contributed by atoms with van der Waals surface area (Å²) in [6.45, 7) is 0.0515. The maximum atomic E-state index is 9.91. The molecule has 0 rings (SSSR count). The lowest BCUT2D eigenvalue weighted by molar-refractivity contribution is -0.137. The summed E-state index contributed by atoms with van der Waals surface area (Å²) >= 11 is 3.74. The number of aliphatic hydroxyl groups is 1. The molecule has 0 aromatic rings. The number of nitrogens with zero attached hydrogens (tertiary/aromatic N) is 1. The number of rotatable bonds is 4. The van der Waals surface area contributed by atoms with Crippen LogP contribution in [0.25, 0.3) is 0 Å². The molecule has 2 N–H and O–H groups in total. The van der Waals surface area contributed by atoms with Gasteiger partial charge >= 0.3 is 5.97 Å². The van der Waals surface area contributed by atoms with Crippen LogP contribution < -0.4 is 0 Å². The zero-order valence-corrected chi connectivity index (χ0v) is 5.71. The van der Waals surface area contributed by atoms with Crippen molar-refractivity contribution >= 4 is 18.8 Å². The predicted octanol–water partition coefficient (Wildman–Crippen LogP) is -0.790. The van der Waals surface area contributed by atoms with E-state index in [4.69, 9.17) is 10.2 Å². The molecule has 0 aliphatic carbocycles. The molecule has 0 heterocycles. The average Bonchev–Trinajstić information content (AvgIpc) is 1.63. The fourth-order valence-corrected chi connectivity index (χ4v) is 0.561. The van der Waals surface area contributed by atoms with Gasteiger partial charge in [0.2, 0.25) is 0 Å². The standard InChI is InChI=1S/C4H9NO3S/c6-2-1-5(9)3-4(7)8/h6,9H,1-3H2,(H,7,8). The fraction of sp³-hybridized carbons (Fsp3) is 0.750. The van der Waals surface area contributed by atoms with Crippen molar-refractivity contribution in [1.82, 2.24) is 4.31 Å². The molecule has 4 nitrogen and oxygen atoms in total. The van der Waals surface area contributed by atoms with Crippen LogP contribution in [0, 0.1) is 0 Å². The summed E-state index contributed by atoms with van der Waals surface area (Å²) in [5.74, 6) is -0.946. The minimum Gasteiger partial charge on any atom is -0.480 e. The highest BCUT2D eigenvalue weighted by atomic mass is 32.1. The van der Waals surface area contributed by atoms with Gasteiger partial charge in [0.25, 0.3) is 0 Å². The smallest absolute Gasteiger partial charge is 0.318 e. The molecule has 0 aliphatic rings. The highest BCUT2D eigenvalue weighted by molar-refractivity contribution is 7.77. The number of aliphatic hydroxyl groups excluding tert-OH is 1. The molecule has 0 saturated heterocycles. The Morgan fingerprint density at radius 2 is 2.22 bits per heavy atom. The van der Waals surface area contributed by atoms with Crippen molar-refractivity contribution in [2.24, 2.45) is 0 Å². The van der Waals surface area contributed by atoms with Crippen LogP contribution in [0.2, 0.25) is 0 Å². The molecule has 0 radical (unpaired) electrons. The Morgan fingerprint density at radius 1 is 1.67 bits per heavy atom. The van der Waals surface area contributed by atoms with Gasteiger partial charge in [-0.25, -0.2) is 4.31 Å². The second-order valence-electron chi connectivity index (χ2n) is 1.51. The Hall–Kier alpha value is -0.260. The van der Waals surface area contributed by atoms with Crippen LogP contribution >= 0.6 is 12.8 Å². The summed E-state index contributed by atoms with van der Waals surface area (Å²) in [5.41, 5.74) is 0. The highest BCUT2D eigenvalue weighted by Gasteiger charge is 2.02. The maximum Gasteiger partial charge on any atom is 0.318 e. The zero-order chi connectivity index (χ0) is 7.28. The normalized spacial score (nSPS) is 10.1. The van der Waals surface area contributed by atoms with Crippen LogP contribution in [-0.4, -0.2) is 40.2 Å². The lowest BCUT2D eigenvalue weighted by atomic mass is 10.6. The molecule has 0 aliphatic heterocycles. The Bertz CT molecular complexity index is 97.8. The third-order valence-electron chi connectivity index (χ3n) is 0.676. The van der Waals surface area contributed by atoms with Gasteiger partial charge in [0, 0.05) is 6.54 Å². The van der Waals surface area contributed by atoms with Gasteiger partial charge < -0.3 is 10.2 Å². The maximum absolute atomic E-state index is 9.91. The number of carboxylic acid groups (broad SMARTS) is 1. The van der Waals surface area contributed by atoms with Crippen molar-refractivity contribution < 1.29 is 15.0 Å². The summed E-state index contributed by atoms with van der Waals surface area (Å²) in [6.07, 6.45) is 0. The second-order valence-corrected chi connectivity index (χ2v) is 2.07. The van der Waals surface area contributed by atoms with Gasteiger partial charge in [-0.2, -0.15) is 0 Å². The fourth-order valence-electron chi connectivity index (χ4n) is 0.351. The summed E-state index contributed by atoms with van der Waals surface area (Å²) in [6, 6.07) is 0. The molecule has 0 amide bonds. The number of carbonyl (C=O) groups is 1. The van der Waals surface area contributed by atoms with Crippen LogP contribution in [0.5, 0.6) is 0 Å². The van der Waals surface area contributed by atoms with Gasteiger partial charge in [-0.3, -0.25) is 4.79 Å². The third-order valence-corrected chi connectivity index (χ3v) is 1.02. The molecular weight excluding hydrogens is 142 g/mol. The highest BCUT2D eigenvalue weighted by Crippen LogP contribution is 1.89. The molecule has 0 fully saturated rings. The Balaban J connectivity index is 3.26. The van der Waals surface area contributed by atoms with Crippen molar-refractivity contribution in [3.8, 4) is 0 Å². The van der Waals surface area contributed by atoms with Gasteiger partial charge in [0.1, 0.15) is 6.54 Å². The van der Waals surface area contributed by atoms with E-state index < -0.39 is 5.97 Å². The van der Waals surface area contributed by atoms with Gasteiger partial charge in [-0.15, -0.1) is 0 Å². The van der Waals surface area contributed by atoms with Gasteiger partial charge in [0.15, 0.2) is 0 Å². The van der Waals surface area contributed by atoms with E-state index in [1.807, 2.05) is 0 Å². The summed E-state index contributed by atoms with van der Waals surface area (Å²) in [4.78, 5) is 9.91. The molecule has 0 saturated carbocycles. The first-order valence-electron chi connectivity index (χ1n) is 2.43. The summed E-state index contributed by atoms with van der Waals surface area (Å²) in [5, 5.41) is 16.4. The van der Waals surface area contributed by atoms with Crippen LogP contribution in [-0.2, 0) is 4.79 Å². The lowest BCUT2D eigenvalue weighted by Gasteiger charge is -2.08. The first-order valence-corrected chi connectivity index (χ1v) is 2.83.